The van der Waals surface area contributed by atoms with Crippen molar-refractivity contribution in [3.05, 3.63) is 63.7 Å². The highest BCUT2D eigenvalue weighted by atomic mass is 35.5. The molecule has 0 bridgehead atoms. The monoisotopic (exact) mass is 288 g/mol. The van der Waals surface area contributed by atoms with Crippen molar-refractivity contribution in [1.29, 1.82) is 0 Å². The third-order valence-electron chi connectivity index (χ3n) is 2.87. The van der Waals surface area contributed by atoms with E-state index in [-0.39, 0.29) is 12.3 Å². The summed E-state index contributed by atoms with van der Waals surface area (Å²) in [5.74, 6) is -0.836. The number of carbonyl (C=O) groups excluding carboxylic acids is 1. The van der Waals surface area contributed by atoms with Crippen LogP contribution in [0.2, 0.25) is 5.02 Å². The number of Topliss-reactive ketones (excluding diaryl/α,β-unsaturated/α-hetero) is 1. The van der Waals surface area contributed by atoms with Crippen molar-refractivity contribution in [1.82, 2.24) is 9.55 Å². The topological polar surface area (TPSA) is 65.1 Å². The first kappa shape index (κ1) is 12.6. The van der Waals surface area contributed by atoms with Gasteiger partial charge < -0.3 is 4.42 Å². The van der Waals surface area contributed by atoms with Crippen molar-refractivity contribution >= 4 is 28.6 Å². The Bertz CT molecular complexity index is 851. The molecule has 20 heavy (non-hydrogen) atoms. The molecule has 0 amide bonds. The number of ketones is 1. The molecule has 0 aliphatic carbocycles. The van der Waals surface area contributed by atoms with Crippen LogP contribution in [-0.4, -0.2) is 15.3 Å². The van der Waals surface area contributed by atoms with Gasteiger partial charge in [-0.15, -0.1) is 0 Å². The summed E-state index contributed by atoms with van der Waals surface area (Å²) in [6, 6.07) is 9.86. The summed E-state index contributed by atoms with van der Waals surface area (Å²) in [6.07, 6.45) is 1.54. The maximum Gasteiger partial charge on any atom is 0.421 e. The first-order valence-electron chi connectivity index (χ1n) is 5.88. The Morgan fingerprint density at radius 3 is 2.95 bits per heavy atom. The smallest absolute Gasteiger partial charge is 0.406 e. The molecule has 0 aliphatic rings. The van der Waals surface area contributed by atoms with E-state index in [1.807, 2.05) is 0 Å². The van der Waals surface area contributed by atoms with E-state index < -0.39 is 5.76 Å². The predicted molar refractivity (Wildman–Crippen MR) is 74.1 cm³/mol. The zero-order valence-electron chi connectivity index (χ0n) is 10.2. The number of halogens is 1. The van der Waals surface area contributed by atoms with Gasteiger partial charge in [-0.2, -0.15) is 0 Å². The number of fused-ring (bicyclic) bond motifs is 1. The Labute approximate surface area is 118 Å². The predicted octanol–water partition coefficient (Wildman–Crippen LogP) is 2.53. The SMILES string of the molecule is O=C(Cn1c(=O)oc2cccnc21)c1cccc(Cl)c1. The fourth-order valence-corrected chi connectivity index (χ4v) is 2.13. The number of pyridine rings is 1. The normalized spacial score (nSPS) is 10.8. The number of nitrogens with zero attached hydrogens (tertiary/aromatic N) is 2. The summed E-state index contributed by atoms with van der Waals surface area (Å²) in [6.45, 7) is -0.136. The minimum Gasteiger partial charge on any atom is -0.406 e. The summed E-state index contributed by atoms with van der Waals surface area (Å²) in [4.78, 5) is 28.0. The molecule has 5 nitrogen and oxygen atoms in total. The molecule has 3 rings (SSSR count). The number of aromatic nitrogens is 2. The van der Waals surface area contributed by atoms with Crippen LogP contribution in [0.1, 0.15) is 10.4 Å². The van der Waals surface area contributed by atoms with Crippen LogP contribution in [0.5, 0.6) is 0 Å². The molecule has 0 spiro atoms. The minimum atomic E-state index is -0.603. The second kappa shape index (κ2) is 4.94. The Hall–Kier alpha value is -2.40. The first-order valence-corrected chi connectivity index (χ1v) is 6.26. The van der Waals surface area contributed by atoms with Crippen molar-refractivity contribution in [2.75, 3.05) is 0 Å². The minimum absolute atomic E-state index is 0.136. The molecule has 2 heterocycles. The van der Waals surface area contributed by atoms with Gasteiger partial charge in [0, 0.05) is 16.8 Å². The number of hydrogen-bond acceptors (Lipinski definition) is 4. The Kier molecular flexibility index (Phi) is 3.12. The lowest BCUT2D eigenvalue weighted by atomic mass is 10.1. The Morgan fingerprint density at radius 1 is 1.30 bits per heavy atom. The summed E-state index contributed by atoms with van der Waals surface area (Å²) in [7, 11) is 0. The first-order chi connectivity index (χ1) is 9.65. The van der Waals surface area contributed by atoms with Gasteiger partial charge in [0.25, 0.3) is 0 Å². The number of carbonyl (C=O) groups is 1. The van der Waals surface area contributed by atoms with Crippen LogP contribution in [0.4, 0.5) is 0 Å². The standard InChI is InChI=1S/C14H9ClN2O3/c15-10-4-1-3-9(7-10)11(18)8-17-13-12(20-14(17)19)5-2-6-16-13/h1-7H,8H2. The molecular weight excluding hydrogens is 280 g/mol. The quantitative estimate of drug-likeness (QED) is 0.695. The van der Waals surface area contributed by atoms with Gasteiger partial charge in [0.05, 0.1) is 6.54 Å². The van der Waals surface area contributed by atoms with Crippen LogP contribution < -0.4 is 5.76 Å². The molecule has 100 valence electrons. The fraction of sp³-hybridized carbons (Fsp3) is 0.0714. The van der Waals surface area contributed by atoms with Gasteiger partial charge in [-0.1, -0.05) is 23.7 Å². The average Bonchev–Trinajstić information content (AvgIpc) is 2.75. The lowest BCUT2D eigenvalue weighted by Crippen LogP contribution is -2.20. The molecule has 0 saturated heterocycles. The van der Waals surface area contributed by atoms with E-state index in [1.165, 1.54) is 10.8 Å². The summed E-state index contributed by atoms with van der Waals surface area (Å²) >= 11 is 5.85. The van der Waals surface area contributed by atoms with Gasteiger partial charge in [-0.05, 0) is 24.3 Å². The van der Waals surface area contributed by atoms with Gasteiger partial charge in [0.15, 0.2) is 17.0 Å². The molecule has 0 atom stereocenters. The van der Waals surface area contributed by atoms with E-state index in [1.54, 1.807) is 36.4 Å². The third kappa shape index (κ3) is 2.23. The van der Waals surface area contributed by atoms with Gasteiger partial charge in [-0.3, -0.25) is 9.36 Å². The number of hydrogen-bond donors (Lipinski definition) is 0. The molecular formula is C14H9ClN2O3. The highest BCUT2D eigenvalue weighted by Gasteiger charge is 2.14. The molecule has 2 aromatic heterocycles. The van der Waals surface area contributed by atoms with E-state index in [0.717, 1.165) is 0 Å². The summed E-state index contributed by atoms with van der Waals surface area (Å²) in [5, 5.41) is 0.471. The van der Waals surface area contributed by atoms with Crippen LogP contribution >= 0.6 is 11.6 Å². The molecule has 0 unspecified atom stereocenters. The van der Waals surface area contributed by atoms with E-state index in [2.05, 4.69) is 4.98 Å². The largest absolute Gasteiger partial charge is 0.421 e. The van der Waals surface area contributed by atoms with Crippen molar-refractivity contribution in [2.45, 2.75) is 6.54 Å². The van der Waals surface area contributed by atoms with E-state index in [0.29, 0.717) is 21.8 Å². The van der Waals surface area contributed by atoms with E-state index in [4.69, 9.17) is 16.0 Å². The van der Waals surface area contributed by atoms with Crippen LogP contribution in [0.3, 0.4) is 0 Å². The Balaban J connectivity index is 1.99. The number of benzene rings is 1. The third-order valence-corrected chi connectivity index (χ3v) is 3.11. The lowest BCUT2D eigenvalue weighted by molar-refractivity contribution is 0.0970. The lowest BCUT2D eigenvalue weighted by Gasteiger charge is -2.02. The highest BCUT2D eigenvalue weighted by Crippen LogP contribution is 2.13. The van der Waals surface area contributed by atoms with Gasteiger partial charge in [-0.25, -0.2) is 9.78 Å². The molecule has 0 aliphatic heterocycles. The molecule has 0 radical (unpaired) electrons. The van der Waals surface area contributed by atoms with Gasteiger partial charge >= 0.3 is 5.76 Å². The van der Waals surface area contributed by atoms with Crippen LogP contribution in [0.15, 0.2) is 51.8 Å². The van der Waals surface area contributed by atoms with Crippen molar-refractivity contribution in [2.24, 2.45) is 0 Å². The Morgan fingerprint density at radius 2 is 2.15 bits per heavy atom. The molecule has 3 aromatic rings. The van der Waals surface area contributed by atoms with Gasteiger partial charge in [0.2, 0.25) is 0 Å². The molecule has 0 fully saturated rings. The second-order valence-corrected chi connectivity index (χ2v) is 4.65. The van der Waals surface area contributed by atoms with Crippen LogP contribution in [0, 0.1) is 0 Å². The van der Waals surface area contributed by atoms with Crippen molar-refractivity contribution in [3.63, 3.8) is 0 Å². The molecule has 1 aromatic carbocycles. The zero-order valence-corrected chi connectivity index (χ0v) is 11.0. The van der Waals surface area contributed by atoms with Crippen LogP contribution in [-0.2, 0) is 6.54 Å². The molecule has 6 heteroatoms. The maximum atomic E-state index is 12.2. The number of rotatable bonds is 3. The van der Waals surface area contributed by atoms with Crippen molar-refractivity contribution in [3.8, 4) is 0 Å². The van der Waals surface area contributed by atoms with Gasteiger partial charge in [0.1, 0.15) is 0 Å². The zero-order chi connectivity index (χ0) is 14.1. The average molecular weight is 289 g/mol. The molecule has 0 N–H and O–H groups in total. The van der Waals surface area contributed by atoms with Crippen LogP contribution in [0.25, 0.3) is 11.2 Å². The molecule has 0 saturated carbocycles. The van der Waals surface area contributed by atoms with Crippen molar-refractivity contribution < 1.29 is 9.21 Å². The summed E-state index contributed by atoms with van der Waals surface area (Å²) in [5.41, 5.74) is 1.15. The summed E-state index contributed by atoms with van der Waals surface area (Å²) < 4.78 is 6.23. The fourth-order valence-electron chi connectivity index (χ4n) is 1.94. The maximum absolute atomic E-state index is 12.2. The second-order valence-electron chi connectivity index (χ2n) is 4.21. The van der Waals surface area contributed by atoms with E-state index >= 15 is 0 Å². The number of oxazole rings is 1. The highest BCUT2D eigenvalue weighted by molar-refractivity contribution is 6.31. The van der Waals surface area contributed by atoms with E-state index in [9.17, 15) is 9.59 Å².